The summed E-state index contributed by atoms with van der Waals surface area (Å²) in [6.07, 6.45) is 3.62. The lowest BCUT2D eigenvalue weighted by molar-refractivity contribution is -0.130. The molecule has 4 nitrogen and oxygen atoms in total. The summed E-state index contributed by atoms with van der Waals surface area (Å²) in [5.74, 6) is 0.158. The van der Waals surface area contributed by atoms with Crippen molar-refractivity contribution in [1.29, 1.82) is 0 Å². The van der Waals surface area contributed by atoms with E-state index in [4.69, 9.17) is 4.74 Å². The zero-order chi connectivity index (χ0) is 19.2. The highest BCUT2D eigenvalue weighted by molar-refractivity contribution is 5.88. The Labute approximate surface area is 167 Å². The first-order chi connectivity index (χ1) is 13.8. The van der Waals surface area contributed by atoms with Crippen molar-refractivity contribution in [1.82, 2.24) is 10.2 Å². The predicted molar refractivity (Wildman–Crippen MR) is 111 cm³/mol. The van der Waals surface area contributed by atoms with Crippen molar-refractivity contribution in [2.75, 3.05) is 32.8 Å². The molecule has 0 saturated carbocycles. The fraction of sp³-hybridized carbons (Fsp3) is 0.458. The molecule has 4 heteroatoms. The third kappa shape index (κ3) is 4.13. The van der Waals surface area contributed by atoms with Gasteiger partial charge in [-0.2, -0.15) is 0 Å². The molecule has 1 fully saturated rings. The summed E-state index contributed by atoms with van der Waals surface area (Å²) in [6.45, 7) is 5.18. The molecule has 0 aromatic heterocycles. The number of rotatable bonds is 6. The van der Waals surface area contributed by atoms with E-state index in [0.717, 1.165) is 57.4 Å². The number of hydrogen-bond donors (Lipinski definition) is 1. The van der Waals surface area contributed by atoms with Gasteiger partial charge in [-0.25, -0.2) is 0 Å². The minimum absolute atomic E-state index is 0.158. The number of fused-ring (bicyclic) bond motifs is 1. The Morgan fingerprint density at radius 2 is 1.71 bits per heavy atom. The lowest BCUT2D eigenvalue weighted by Crippen LogP contribution is -2.48. The van der Waals surface area contributed by atoms with Gasteiger partial charge in [0.15, 0.2) is 0 Å². The molecule has 0 aliphatic carbocycles. The average Bonchev–Trinajstić information content (AvgIpc) is 2.77. The summed E-state index contributed by atoms with van der Waals surface area (Å²) >= 11 is 0. The topological polar surface area (TPSA) is 41.6 Å². The third-order valence-corrected chi connectivity index (χ3v) is 6.25. The minimum atomic E-state index is -0.441. The third-order valence-electron chi connectivity index (χ3n) is 6.25. The Balaban J connectivity index is 1.30. The maximum absolute atomic E-state index is 13.2. The van der Waals surface area contributed by atoms with E-state index in [1.54, 1.807) is 0 Å². The van der Waals surface area contributed by atoms with Gasteiger partial charge in [0.05, 0.1) is 5.41 Å². The number of benzene rings is 2. The number of nitrogens with one attached hydrogen (secondary N) is 1. The number of carbonyl (C=O) groups is 1. The number of hydrogen-bond acceptors (Lipinski definition) is 3. The van der Waals surface area contributed by atoms with Crippen LogP contribution >= 0.6 is 0 Å². The summed E-state index contributed by atoms with van der Waals surface area (Å²) in [5, 5.41) is 3.23. The van der Waals surface area contributed by atoms with Crippen LogP contribution in [0.2, 0.25) is 0 Å². The van der Waals surface area contributed by atoms with Crippen LogP contribution in [0, 0.1) is 0 Å². The van der Waals surface area contributed by atoms with Crippen molar-refractivity contribution >= 4 is 5.91 Å². The molecular formula is C24H30N2O2. The summed E-state index contributed by atoms with van der Waals surface area (Å²) < 4.78 is 5.54. The lowest BCUT2D eigenvalue weighted by Gasteiger charge is -2.36. The van der Waals surface area contributed by atoms with E-state index < -0.39 is 5.41 Å². The van der Waals surface area contributed by atoms with Gasteiger partial charge < -0.3 is 10.1 Å². The fourth-order valence-electron chi connectivity index (χ4n) is 4.54. The van der Waals surface area contributed by atoms with Crippen LogP contribution in [0.4, 0.5) is 0 Å². The smallest absolute Gasteiger partial charge is 0.230 e. The Hall–Kier alpha value is -2.17. The highest BCUT2D eigenvalue weighted by atomic mass is 16.5. The number of amides is 1. The standard InChI is InChI=1S/C24H30N2O2/c27-23(24(12-17-28-18-13-24)22-9-2-1-3-10-22)25-14-6-15-26-16-11-20-7-4-5-8-21(20)19-26/h1-5,7-10H,6,11-19H2,(H,25,27). The highest BCUT2D eigenvalue weighted by Crippen LogP contribution is 2.35. The summed E-state index contributed by atoms with van der Waals surface area (Å²) in [6, 6.07) is 18.9. The van der Waals surface area contributed by atoms with E-state index in [1.807, 2.05) is 18.2 Å². The van der Waals surface area contributed by atoms with Crippen molar-refractivity contribution in [2.45, 2.75) is 37.6 Å². The Morgan fingerprint density at radius 1 is 1.00 bits per heavy atom. The molecule has 0 spiro atoms. The molecule has 1 saturated heterocycles. The van der Waals surface area contributed by atoms with Crippen molar-refractivity contribution in [2.24, 2.45) is 0 Å². The molecule has 2 aromatic rings. The van der Waals surface area contributed by atoms with Gasteiger partial charge in [-0.1, -0.05) is 54.6 Å². The van der Waals surface area contributed by atoms with Gasteiger partial charge in [-0.3, -0.25) is 9.69 Å². The van der Waals surface area contributed by atoms with E-state index >= 15 is 0 Å². The van der Waals surface area contributed by atoms with E-state index in [0.29, 0.717) is 13.2 Å². The first-order valence-electron chi connectivity index (χ1n) is 10.5. The van der Waals surface area contributed by atoms with Crippen LogP contribution in [0.1, 0.15) is 36.0 Å². The number of nitrogens with zero attached hydrogens (tertiary/aromatic N) is 1. The molecule has 148 valence electrons. The van der Waals surface area contributed by atoms with Gasteiger partial charge in [-0.05, 0) is 42.4 Å². The quantitative estimate of drug-likeness (QED) is 0.784. The maximum atomic E-state index is 13.2. The highest BCUT2D eigenvalue weighted by Gasteiger charge is 2.41. The number of carbonyl (C=O) groups excluding carboxylic acids is 1. The van der Waals surface area contributed by atoms with Crippen LogP contribution in [0.25, 0.3) is 0 Å². The van der Waals surface area contributed by atoms with Crippen LogP contribution < -0.4 is 5.32 Å². The lowest BCUT2D eigenvalue weighted by atomic mass is 9.73. The zero-order valence-electron chi connectivity index (χ0n) is 16.5. The fourth-order valence-corrected chi connectivity index (χ4v) is 4.54. The average molecular weight is 379 g/mol. The monoisotopic (exact) mass is 378 g/mol. The van der Waals surface area contributed by atoms with Crippen LogP contribution in [-0.4, -0.2) is 43.7 Å². The van der Waals surface area contributed by atoms with Gasteiger partial charge in [0, 0.05) is 39.4 Å². The SMILES string of the molecule is O=C(NCCCN1CCc2ccccc2C1)C1(c2ccccc2)CCOCC1. The molecule has 2 heterocycles. The maximum Gasteiger partial charge on any atom is 0.230 e. The van der Waals surface area contributed by atoms with Gasteiger partial charge >= 0.3 is 0 Å². The van der Waals surface area contributed by atoms with Gasteiger partial charge in [0.25, 0.3) is 0 Å². The Morgan fingerprint density at radius 3 is 2.50 bits per heavy atom. The molecule has 2 aliphatic rings. The second kappa shape index (κ2) is 8.89. The summed E-state index contributed by atoms with van der Waals surface area (Å²) in [4.78, 5) is 15.7. The molecule has 4 rings (SSSR count). The number of ether oxygens (including phenoxy) is 1. The predicted octanol–water partition coefficient (Wildman–Crippen LogP) is 3.30. The van der Waals surface area contributed by atoms with E-state index in [9.17, 15) is 4.79 Å². The first-order valence-corrected chi connectivity index (χ1v) is 10.5. The van der Waals surface area contributed by atoms with Crippen molar-refractivity contribution in [3.05, 3.63) is 71.3 Å². The molecule has 1 N–H and O–H groups in total. The molecule has 0 bridgehead atoms. The second-order valence-electron chi connectivity index (χ2n) is 7.96. The van der Waals surface area contributed by atoms with Gasteiger partial charge in [0.1, 0.15) is 0 Å². The minimum Gasteiger partial charge on any atom is -0.381 e. The normalized spacial score (nSPS) is 19.0. The molecule has 2 aliphatic heterocycles. The van der Waals surface area contributed by atoms with Gasteiger partial charge in [-0.15, -0.1) is 0 Å². The Bertz CT molecular complexity index is 784. The largest absolute Gasteiger partial charge is 0.381 e. The van der Waals surface area contributed by atoms with Crippen LogP contribution in [0.5, 0.6) is 0 Å². The molecule has 1 amide bonds. The van der Waals surface area contributed by atoms with E-state index in [-0.39, 0.29) is 5.91 Å². The van der Waals surface area contributed by atoms with Crippen molar-refractivity contribution in [3.63, 3.8) is 0 Å². The van der Waals surface area contributed by atoms with Crippen molar-refractivity contribution in [3.8, 4) is 0 Å². The van der Waals surface area contributed by atoms with E-state index in [2.05, 4.69) is 46.6 Å². The molecule has 0 radical (unpaired) electrons. The molecular weight excluding hydrogens is 348 g/mol. The first kappa shape index (κ1) is 19.2. The van der Waals surface area contributed by atoms with Crippen LogP contribution in [0.3, 0.4) is 0 Å². The molecule has 28 heavy (non-hydrogen) atoms. The molecule has 0 atom stereocenters. The van der Waals surface area contributed by atoms with Crippen molar-refractivity contribution < 1.29 is 9.53 Å². The summed E-state index contributed by atoms with van der Waals surface area (Å²) in [5.41, 5.74) is 3.60. The molecule has 2 aromatic carbocycles. The van der Waals surface area contributed by atoms with Gasteiger partial charge in [0.2, 0.25) is 5.91 Å². The second-order valence-corrected chi connectivity index (χ2v) is 7.96. The Kier molecular flexibility index (Phi) is 6.08. The van der Waals surface area contributed by atoms with Crippen LogP contribution in [0.15, 0.2) is 54.6 Å². The zero-order valence-corrected chi connectivity index (χ0v) is 16.5. The summed E-state index contributed by atoms with van der Waals surface area (Å²) in [7, 11) is 0. The molecule has 0 unspecified atom stereocenters. The van der Waals surface area contributed by atoms with Crippen LogP contribution in [-0.2, 0) is 27.9 Å². The van der Waals surface area contributed by atoms with E-state index in [1.165, 1.54) is 11.1 Å².